The molecule has 2 aliphatic carbocycles. The van der Waals surface area contributed by atoms with E-state index in [-0.39, 0.29) is 11.6 Å². The van der Waals surface area contributed by atoms with Crippen molar-refractivity contribution in [2.24, 2.45) is 0 Å². The molecule has 5 aromatic carbocycles. The van der Waals surface area contributed by atoms with Gasteiger partial charge < -0.3 is 0 Å². The van der Waals surface area contributed by atoms with Crippen LogP contribution in [-0.4, -0.2) is 11.6 Å². The molecule has 0 radical (unpaired) electrons. The highest BCUT2D eigenvalue weighted by Crippen LogP contribution is 2.39. The maximum atomic E-state index is 12.1. The molecular formula is C35H28O2. The third-order valence-electron chi connectivity index (χ3n) is 7.78. The van der Waals surface area contributed by atoms with Crippen LogP contribution in [0.2, 0.25) is 0 Å². The van der Waals surface area contributed by atoms with Crippen LogP contribution < -0.4 is 0 Å². The molecule has 0 fully saturated rings. The standard InChI is InChI=1S/C21H20.C14H8O2/c1-2-6-15-8-5-10-19-18(15)13-14-20-17-9-4-3-7-16(17)11-12-21(19)20;15-13-9-5-1-2-6-10(9)14(16)12-8-4-3-7-11(12)13/h2-4,7,9,11-15H,1,5-6,8,10H2;1-8H. The van der Waals surface area contributed by atoms with Crippen molar-refractivity contribution in [1.82, 2.24) is 0 Å². The average molecular weight is 481 g/mol. The van der Waals surface area contributed by atoms with Gasteiger partial charge in [-0.05, 0) is 64.3 Å². The number of benzene rings is 5. The molecule has 0 amide bonds. The highest BCUT2D eigenvalue weighted by molar-refractivity contribution is 6.28. The largest absolute Gasteiger partial charge is 0.289 e. The van der Waals surface area contributed by atoms with Crippen LogP contribution in [0.25, 0.3) is 21.5 Å². The van der Waals surface area contributed by atoms with E-state index in [1.807, 2.05) is 0 Å². The summed E-state index contributed by atoms with van der Waals surface area (Å²) in [7, 11) is 0. The first-order valence-corrected chi connectivity index (χ1v) is 13.0. The predicted octanol–water partition coefficient (Wildman–Crippen LogP) is 8.45. The number of allylic oxidation sites excluding steroid dienone is 1. The summed E-state index contributed by atoms with van der Waals surface area (Å²) in [4.78, 5) is 24.2. The van der Waals surface area contributed by atoms with E-state index >= 15 is 0 Å². The molecule has 0 heterocycles. The summed E-state index contributed by atoms with van der Waals surface area (Å²) in [6.45, 7) is 3.93. The number of rotatable bonds is 2. The lowest BCUT2D eigenvalue weighted by molar-refractivity contribution is 0.0979. The maximum absolute atomic E-state index is 12.1. The Morgan fingerprint density at radius 1 is 0.649 bits per heavy atom. The third-order valence-corrected chi connectivity index (χ3v) is 7.78. The van der Waals surface area contributed by atoms with Crippen LogP contribution in [0.15, 0.2) is 110 Å². The number of hydrogen-bond donors (Lipinski definition) is 0. The lowest BCUT2D eigenvalue weighted by Crippen LogP contribution is -2.20. The van der Waals surface area contributed by atoms with E-state index < -0.39 is 0 Å². The van der Waals surface area contributed by atoms with Crippen LogP contribution in [0.3, 0.4) is 0 Å². The topological polar surface area (TPSA) is 34.1 Å². The Labute approximate surface area is 217 Å². The zero-order chi connectivity index (χ0) is 25.4. The average Bonchev–Trinajstić information content (AvgIpc) is 2.96. The van der Waals surface area contributed by atoms with Crippen molar-refractivity contribution in [3.05, 3.63) is 143 Å². The van der Waals surface area contributed by atoms with Crippen molar-refractivity contribution in [1.29, 1.82) is 0 Å². The van der Waals surface area contributed by atoms with Gasteiger partial charge in [-0.2, -0.15) is 0 Å². The fourth-order valence-electron chi connectivity index (χ4n) is 6.00. The van der Waals surface area contributed by atoms with Crippen molar-refractivity contribution in [3.63, 3.8) is 0 Å². The minimum absolute atomic E-state index is 0.0641. The lowest BCUT2D eigenvalue weighted by Gasteiger charge is -2.26. The number of carbonyl (C=O) groups excluding carboxylic acids is 2. The molecular weight excluding hydrogens is 452 g/mol. The molecule has 7 rings (SSSR count). The summed E-state index contributed by atoms with van der Waals surface area (Å²) in [6, 6.07) is 31.9. The Hall–Kier alpha value is -4.30. The van der Waals surface area contributed by atoms with Gasteiger partial charge in [0, 0.05) is 22.3 Å². The molecule has 0 spiro atoms. The van der Waals surface area contributed by atoms with Gasteiger partial charge in [-0.1, -0.05) is 103 Å². The van der Waals surface area contributed by atoms with Gasteiger partial charge in [-0.15, -0.1) is 6.58 Å². The highest BCUT2D eigenvalue weighted by atomic mass is 16.1. The second kappa shape index (κ2) is 9.63. The van der Waals surface area contributed by atoms with Crippen molar-refractivity contribution in [2.75, 3.05) is 0 Å². The molecule has 0 aliphatic heterocycles. The number of carbonyl (C=O) groups is 2. The SMILES string of the molecule is C=CCC1CCCc2c1ccc1c2ccc2ccccc21.O=C1c2ccccc2C(=O)c2ccccc21. The Bertz CT molecular complexity index is 1590. The van der Waals surface area contributed by atoms with Gasteiger partial charge in [0.25, 0.3) is 0 Å². The van der Waals surface area contributed by atoms with E-state index in [1.54, 1.807) is 59.7 Å². The molecule has 0 bridgehead atoms. The molecule has 0 saturated carbocycles. The van der Waals surface area contributed by atoms with Crippen LogP contribution in [0.1, 0.15) is 68.2 Å². The second-order valence-corrected chi connectivity index (χ2v) is 9.88. The third kappa shape index (κ3) is 3.99. The molecule has 0 N–H and O–H groups in total. The van der Waals surface area contributed by atoms with Crippen LogP contribution >= 0.6 is 0 Å². The fourth-order valence-corrected chi connectivity index (χ4v) is 6.00. The highest BCUT2D eigenvalue weighted by Gasteiger charge is 2.28. The van der Waals surface area contributed by atoms with Gasteiger partial charge in [-0.25, -0.2) is 0 Å². The molecule has 2 nitrogen and oxygen atoms in total. The Kier molecular flexibility index (Phi) is 6.02. The monoisotopic (exact) mass is 480 g/mol. The quantitative estimate of drug-likeness (QED) is 0.184. The molecule has 1 unspecified atom stereocenters. The number of aryl methyl sites for hydroxylation is 1. The van der Waals surface area contributed by atoms with E-state index in [9.17, 15) is 9.59 Å². The molecule has 2 aliphatic rings. The zero-order valence-corrected chi connectivity index (χ0v) is 20.7. The van der Waals surface area contributed by atoms with Gasteiger partial charge in [0.05, 0.1) is 0 Å². The molecule has 1 atom stereocenters. The van der Waals surface area contributed by atoms with Crippen LogP contribution in [0.5, 0.6) is 0 Å². The number of ketones is 2. The first-order chi connectivity index (χ1) is 18.2. The Balaban J connectivity index is 0.000000141. The summed E-state index contributed by atoms with van der Waals surface area (Å²) in [5.74, 6) is 0.540. The first kappa shape index (κ1) is 23.1. The Morgan fingerprint density at radius 2 is 1.22 bits per heavy atom. The minimum atomic E-state index is -0.0641. The van der Waals surface area contributed by atoms with Gasteiger partial charge in [0.2, 0.25) is 0 Å². The molecule has 2 heteroatoms. The van der Waals surface area contributed by atoms with Crippen molar-refractivity contribution in [3.8, 4) is 0 Å². The van der Waals surface area contributed by atoms with Gasteiger partial charge in [0.15, 0.2) is 11.6 Å². The summed E-state index contributed by atoms with van der Waals surface area (Å²) in [5, 5.41) is 5.58. The summed E-state index contributed by atoms with van der Waals surface area (Å²) < 4.78 is 0. The first-order valence-electron chi connectivity index (χ1n) is 13.0. The van der Waals surface area contributed by atoms with Crippen LogP contribution in [0.4, 0.5) is 0 Å². The smallest absolute Gasteiger partial charge is 0.194 e. The number of fused-ring (bicyclic) bond motifs is 7. The van der Waals surface area contributed by atoms with Gasteiger partial charge >= 0.3 is 0 Å². The summed E-state index contributed by atoms with van der Waals surface area (Å²) in [5.41, 5.74) is 5.16. The fraction of sp³-hybridized carbons (Fsp3) is 0.143. The summed E-state index contributed by atoms with van der Waals surface area (Å²) in [6.07, 6.45) is 7.00. The van der Waals surface area contributed by atoms with E-state index in [2.05, 4.69) is 61.2 Å². The van der Waals surface area contributed by atoms with Crippen LogP contribution in [-0.2, 0) is 6.42 Å². The second-order valence-electron chi connectivity index (χ2n) is 9.88. The minimum Gasteiger partial charge on any atom is -0.289 e. The van der Waals surface area contributed by atoms with Crippen LogP contribution in [0, 0.1) is 0 Å². The summed E-state index contributed by atoms with van der Waals surface area (Å²) >= 11 is 0. The Morgan fingerprint density at radius 3 is 1.84 bits per heavy atom. The van der Waals surface area contributed by atoms with E-state index in [0.717, 1.165) is 6.42 Å². The number of hydrogen-bond acceptors (Lipinski definition) is 2. The van der Waals surface area contributed by atoms with E-state index in [4.69, 9.17) is 0 Å². The predicted molar refractivity (Wildman–Crippen MR) is 152 cm³/mol. The normalized spacial score (nSPS) is 15.8. The maximum Gasteiger partial charge on any atom is 0.194 e. The molecule has 37 heavy (non-hydrogen) atoms. The van der Waals surface area contributed by atoms with Gasteiger partial charge in [0.1, 0.15) is 0 Å². The zero-order valence-electron chi connectivity index (χ0n) is 20.7. The van der Waals surface area contributed by atoms with E-state index in [0.29, 0.717) is 28.2 Å². The van der Waals surface area contributed by atoms with Crippen molar-refractivity contribution < 1.29 is 9.59 Å². The van der Waals surface area contributed by atoms with Crippen molar-refractivity contribution in [2.45, 2.75) is 31.6 Å². The van der Waals surface area contributed by atoms with E-state index in [1.165, 1.54) is 40.8 Å². The molecule has 5 aromatic rings. The lowest BCUT2D eigenvalue weighted by atomic mass is 9.78. The van der Waals surface area contributed by atoms with Crippen molar-refractivity contribution >= 4 is 33.1 Å². The molecule has 0 saturated heterocycles. The molecule has 0 aromatic heterocycles. The van der Waals surface area contributed by atoms with Gasteiger partial charge in [-0.3, -0.25) is 9.59 Å². The molecule has 180 valence electrons.